The number of fused-ring (bicyclic) bond motifs is 3. The Labute approximate surface area is 241 Å². The standard InChI is InChI=1S/C32H39ClN2O5/c1-34-16-7-5-3-4-6-8-17-35-21-31(15-9-10-23-18-25(33)12-13-26(23)31)22-40-28-14-11-24(19-27(28)35)32(38,20-29(34)36)30(37)39-2/h3,5,11-14,18-19,38H,4,6-10,15-17,20-22H2,1-2H3/b5-3-/t31-,32-/m0/s1. The number of anilines is 1. The quantitative estimate of drug-likeness (QED) is 0.380. The number of rotatable bonds is 1. The Balaban J connectivity index is 1.58. The van der Waals surface area contributed by atoms with E-state index in [1.165, 1.54) is 18.2 Å². The van der Waals surface area contributed by atoms with Gasteiger partial charge in [-0.05, 0) is 85.9 Å². The zero-order chi connectivity index (χ0) is 28.3. The zero-order valence-corrected chi connectivity index (χ0v) is 24.2. The van der Waals surface area contributed by atoms with Gasteiger partial charge in [0, 0.05) is 37.1 Å². The fourth-order valence-corrected chi connectivity index (χ4v) is 6.61. The molecule has 8 heteroatoms. The number of benzene rings is 2. The molecule has 1 aliphatic carbocycles. The maximum absolute atomic E-state index is 13.1. The van der Waals surface area contributed by atoms with E-state index in [2.05, 4.69) is 29.2 Å². The minimum Gasteiger partial charge on any atom is -0.490 e. The van der Waals surface area contributed by atoms with Crippen LogP contribution in [-0.2, 0) is 31.8 Å². The van der Waals surface area contributed by atoms with Crippen molar-refractivity contribution in [2.75, 3.05) is 45.3 Å². The number of ether oxygens (including phenoxy) is 2. The zero-order valence-electron chi connectivity index (χ0n) is 23.5. The molecule has 2 aromatic rings. The number of carbonyl (C=O) groups excluding carboxylic acids is 2. The first kappa shape index (κ1) is 28.5. The van der Waals surface area contributed by atoms with E-state index in [9.17, 15) is 14.7 Å². The lowest BCUT2D eigenvalue weighted by Crippen LogP contribution is -2.46. The Morgan fingerprint density at radius 3 is 2.73 bits per heavy atom. The largest absolute Gasteiger partial charge is 0.490 e. The highest BCUT2D eigenvalue weighted by molar-refractivity contribution is 6.30. The summed E-state index contributed by atoms with van der Waals surface area (Å²) in [6.07, 6.45) is 10.6. The number of hydrogen-bond acceptors (Lipinski definition) is 6. The fourth-order valence-electron chi connectivity index (χ4n) is 6.42. The number of aliphatic hydroxyl groups is 1. The molecule has 0 aromatic heterocycles. The Kier molecular flexibility index (Phi) is 8.43. The van der Waals surface area contributed by atoms with Gasteiger partial charge >= 0.3 is 5.97 Å². The van der Waals surface area contributed by atoms with Crippen LogP contribution < -0.4 is 9.64 Å². The molecule has 0 fully saturated rings. The summed E-state index contributed by atoms with van der Waals surface area (Å²) < 4.78 is 11.5. The average molecular weight is 567 g/mol. The molecule has 0 saturated carbocycles. The van der Waals surface area contributed by atoms with Gasteiger partial charge in [-0.15, -0.1) is 0 Å². The molecule has 7 nitrogen and oxygen atoms in total. The van der Waals surface area contributed by atoms with E-state index in [4.69, 9.17) is 21.1 Å². The fraction of sp³-hybridized carbons (Fsp3) is 0.500. The van der Waals surface area contributed by atoms with Crippen LogP contribution in [0.25, 0.3) is 0 Å². The Morgan fingerprint density at radius 2 is 1.90 bits per heavy atom. The minimum atomic E-state index is -2.12. The average Bonchev–Trinajstić information content (AvgIpc) is 3.10. The van der Waals surface area contributed by atoms with Crippen LogP contribution in [0.2, 0.25) is 5.02 Å². The maximum Gasteiger partial charge on any atom is 0.343 e. The third-order valence-corrected chi connectivity index (χ3v) is 8.95. The normalized spacial score (nSPS) is 26.4. The highest BCUT2D eigenvalue weighted by Crippen LogP contribution is 2.45. The molecular formula is C32H39ClN2O5. The van der Waals surface area contributed by atoms with Gasteiger partial charge in [-0.3, -0.25) is 4.79 Å². The van der Waals surface area contributed by atoms with Gasteiger partial charge < -0.3 is 24.4 Å². The first-order valence-corrected chi connectivity index (χ1v) is 14.6. The number of methoxy groups -OCH3 is 1. The van der Waals surface area contributed by atoms with Gasteiger partial charge in [0.1, 0.15) is 5.75 Å². The molecule has 2 atom stereocenters. The summed E-state index contributed by atoms with van der Waals surface area (Å²) in [5, 5.41) is 12.5. The monoisotopic (exact) mass is 566 g/mol. The highest BCUT2D eigenvalue weighted by Gasteiger charge is 2.45. The second-order valence-corrected chi connectivity index (χ2v) is 11.9. The van der Waals surface area contributed by atoms with Gasteiger partial charge in [0.15, 0.2) is 5.60 Å². The number of allylic oxidation sites excluding steroid dienone is 1. The Bertz CT molecular complexity index is 1300. The summed E-state index contributed by atoms with van der Waals surface area (Å²) in [5.74, 6) is -0.475. The Hall–Kier alpha value is -3.03. The maximum atomic E-state index is 13.1. The molecule has 5 rings (SSSR count). The molecule has 0 saturated heterocycles. The number of hydrogen-bond donors (Lipinski definition) is 1. The minimum absolute atomic E-state index is 0.213. The van der Waals surface area contributed by atoms with Crippen LogP contribution >= 0.6 is 11.6 Å². The van der Waals surface area contributed by atoms with Gasteiger partial charge in [0.25, 0.3) is 0 Å². The molecule has 2 heterocycles. The van der Waals surface area contributed by atoms with Crippen LogP contribution in [0.1, 0.15) is 61.6 Å². The van der Waals surface area contributed by atoms with E-state index >= 15 is 0 Å². The summed E-state index contributed by atoms with van der Waals surface area (Å²) in [4.78, 5) is 30.0. The first-order chi connectivity index (χ1) is 19.3. The van der Waals surface area contributed by atoms with E-state index in [0.717, 1.165) is 62.3 Å². The molecule has 3 aliphatic rings. The number of carbonyl (C=O) groups is 2. The Morgan fingerprint density at radius 1 is 1.07 bits per heavy atom. The van der Waals surface area contributed by atoms with Crippen molar-refractivity contribution in [1.82, 2.24) is 4.90 Å². The van der Waals surface area contributed by atoms with E-state index < -0.39 is 18.0 Å². The van der Waals surface area contributed by atoms with Crippen LogP contribution in [-0.4, -0.2) is 62.3 Å². The number of amides is 1. The summed E-state index contributed by atoms with van der Waals surface area (Å²) in [7, 11) is 2.92. The molecule has 1 spiro atoms. The molecular weight excluding hydrogens is 528 g/mol. The molecule has 1 amide bonds. The molecule has 40 heavy (non-hydrogen) atoms. The second kappa shape index (κ2) is 11.8. The molecule has 2 aromatic carbocycles. The van der Waals surface area contributed by atoms with Crippen molar-refractivity contribution in [3.63, 3.8) is 0 Å². The van der Waals surface area contributed by atoms with Gasteiger partial charge in [-0.25, -0.2) is 4.79 Å². The number of aryl methyl sites for hydroxylation is 1. The van der Waals surface area contributed by atoms with E-state index in [-0.39, 0.29) is 11.3 Å². The van der Waals surface area contributed by atoms with Crippen LogP contribution in [0.3, 0.4) is 0 Å². The number of esters is 1. The van der Waals surface area contributed by atoms with Crippen LogP contribution in [0.4, 0.5) is 5.69 Å². The van der Waals surface area contributed by atoms with Gasteiger partial charge in [-0.1, -0.05) is 35.9 Å². The number of halogens is 1. The predicted octanol–water partition coefficient (Wildman–Crippen LogP) is 5.15. The molecule has 1 N–H and O–H groups in total. The lowest BCUT2D eigenvalue weighted by molar-refractivity contribution is -0.168. The van der Waals surface area contributed by atoms with Crippen molar-refractivity contribution < 1.29 is 24.2 Å². The summed E-state index contributed by atoms with van der Waals surface area (Å²) in [5.41, 5.74) is 1.37. The van der Waals surface area contributed by atoms with Gasteiger partial charge in [-0.2, -0.15) is 0 Å². The van der Waals surface area contributed by atoms with Crippen molar-refractivity contribution in [3.05, 3.63) is 70.3 Å². The van der Waals surface area contributed by atoms with Crippen LogP contribution in [0.15, 0.2) is 48.6 Å². The summed E-state index contributed by atoms with van der Waals surface area (Å²) >= 11 is 6.37. The third kappa shape index (κ3) is 5.59. The van der Waals surface area contributed by atoms with E-state index in [0.29, 0.717) is 30.9 Å². The lowest BCUT2D eigenvalue weighted by atomic mass is 9.70. The van der Waals surface area contributed by atoms with E-state index in [1.54, 1.807) is 18.0 Å². The van der Waals surface area contributed by atoms with E-state index in [1.807, 2.05) is 18.2 Å². The highest BCUT2D eigenvalue weighted by atomic mass is 35.5. The SMILES string of the molecule is COC(=O)[C@]1(O)CC(=O)N(C)CC/C=C\CCCCN2C[C@@]3(CCCc4cc(Cl)ccc43)COc3ccc1cc32. The van der Waals surface area contributed by atoms with Crippen molar-refractivity contribution in [2.24, 2.45) is 0 Å². The van der Waals surface area contributed by atoms with Crippen molar-refractivity contribution in [2.45, 2.75) is 62.4 Å². The van der Waals surface area contributed by atoms with Crippen molar-refractivity contribution in [3.8, 4) is 5.75 Å². The van der Waals surface area contributed by atoms with Crippen molar-refractivity contribution in [1.29, 1.82) is 0 Å². The molecule has 0 radical (unpaired) electrons. The second-order valence-electron chi connectivity index (χ2n) is 11.4. The predicted molar refractivity (Wildman–Crippen MR) is 156 cm³/mol. The topological polar surface area (TPSA) is 79.3 Å². The molecule has 2 aliphatic heterocycles. The molecule has 214 valence electrons. The molecule has 0 unspecified atom stereocenters. The third-order valence-electron chi connectivity index (χ3n) is 8.72. The molecule has 2 bridgehead atoms. The van der Waals surface area contributed by atoms with Crippen molar-refractivity contribution >= 4 is 29.2 Å². The summed E-state index contributed by atoms with van der Waals surface area (Å²) in [6, 6.07) is 11.5. The summed E-state index contributed by atoms with van der Waals surface area (Å²) in [6.45, 7) is 2.58. The van der Waals surface area contributed by atoms with Gasteiger partial charge in [0.2, 0.25) is 5.91 Å². The number of nitrogens with zero attached hydrogens (tertiary/aromatic N) is 2. The first-order valence-electron chi connectivity index (χ1n) is 14.3. The smallest absolute Gasteiger partial charge is 0.343 e. The van der Waals surface area contributed by atoms with Crippen LogP contribution in [0, 0.1) is 0 Å². The van der Waals surface area contributed by atoms with Gasteiger partial charge in [0.05, 0.1) is 25.8 Å². The lowest BCUT2D eigenvalue weighted by Gasteiger charge is -2.41. The van der Waals surface area contributed by atoms with Crippen LogP contribution in [0.5, 0.6) is 5.75 Å².